The van der Waals surface area contributed by atoms with E-state index in [1.807, 2.05) is 11.5 Å². The molecule has 0 amide bonds. The molecule has 0 saturated carbocycles. The highest BCUT2D eigenvalue weighted by atomic mass is 19.1. The van der Waals surface area contributed by atoms with E-state index in [1.165, 1.54) is 12.1 Å². The lowest BCUT2D eigenvalue weighted by molar-refractivity contribution is 0.0469. The molecule has 156 valence electrons. The van der Waals surface area contributed by atoms with Gasteiger partial charge in [-0.05, 0) is 56.3 Å². The van der Waals surface area contributed by atoms with Crippen LogP contribution >= 0.6 is 0 Å². The SMILES string of the molecule is Cc1cc(C(=O)COC(=O)c2cc(=O)c3ccccc3[nH]2)c(C)n1-c1ccc(F)cc1. The largest absolute Gasteiger partial charge is 0.453 e. The first-order chi connectivity index (χ1) is 14.8. The van der Waals surface area contributed by atoms with E-state index >= 15 is 0 Å². The van der Waals surface area contributed by atoms with Crippen molar-refractivity contribution in [3.63, 3.8) is 0 Å². The molecular weight excluding hydrogens is 399 g/mol. The van der Waals surface area contributed by atoms with E-state index in [1.54, 1.807) is 49.4 Å². The van der Waals surface area contributed by atoms with E-state index in [2.05, 4.69) is 4.98 Å². The van der Waals surface area contributed by atoms with Gasteiger partial charge in [0, 0.05) is 39.6 Å². The number of fused-ring (bicyclic) bond motifs is 1. The number of aromatic amines is 1. The van der Waals surface area contributed by atoms with E-state index in [9.17, 15) is 18.8 Å². The number of halogens is 1. The minimum atomic E-state index is -0.788. The Balaban J connectivity index is 1.53. The van der Waals surface area contributed by atoms with E-state index in [4.69, 9.17) is 4.74 Å². The fraction of sp³-hybridized carbons (Fsp3) is 0.125. The maximum absolute atomic E-state index is 13.2. The van der Waals surface area contributed by atoms with E-state index in [0.29, 0.717) is 22.2 Å². The number of carbonyl (C=O) groups is 2. The molecule has 0 unspecified atom stereocenters. The third-order valence-electron chi connectivity index (χ3n) is 5.11. The molecule has 1 N–H and O–H groups in total. The zero-order chi connectivity index (χ0) is 22.1. The van der Waals surface area contributed by atoms with Gasteiger partial charge in [0.05, 0.1) is 0 Å². The molecule has 4 rings (SSSR count). The summed E-state index contributed by atoms with van der Waals surface area (Å²) >= 11 is 0. The first-order valence-corrected chi connectivity index (χ1v) is 9.62. The zero-order valence-electron chi connectivity index (χ0n) is 16.9. The number of rotatable bonds is 5. The fourth-order valence-electron chi connectivity index (χ4n) is 3.63. The summed E-state index contributed by atoms with van der Waals surface area (Å²) in [6.07, 6.45) is 0. The molecule has 4 aromatic rings. The number of nitrogens with zero attached hydrogens (tertiary/aromatic N) is 1. The van der Waals surface area contributed by atoms with Crippen LogP contribution < -0.4 is 5.43 Å². The number of aryl methyl sites for hydroxylation is 1. The number of carbonyl (C=O) groups excluding carboxylic acids is 2. The summed E-state index contributed by atoms with van der Waals surface area (Å²) in [5, 5.41) is 0.461. The number of hydrogen-bond donors (Lipinski definition) is 1. The molecule has 0 saturated heterocycles. The Morgan fingerprint density at radius 1 is 1.03 bits per heavy atom. The quantitative estimate of drug-likeness (QED) is 0.391. The van der Waals surface area contributed by atoms with Crippen molar-refractivity contribution in [2.75, 3.05) is 6.61 Å². The lowest BCUT2D eigenvalue weighted by atomic mass is 10.1. The number of benzene rings is 2. The summed E-state index contributed by atoms with van der Waals surface area (Å²) in [6, 6.07) is 15.6. The second kappa shape index (κ2) is 8.02. The summed E-state index contributed by atoms with van der Waals surface area (Å²) in [6.45, 7) is 3.13. The number of H-pyrrole nitrogens is 1. The topological polar surface area (TPSA) is 81.2 Å². The van der Waals surface area contributed by atoms with Crippen LogP contribution in [0.2, 0.25) is 0 Å². The third kappa shape index (κ3) is 3.90. The maximum Gasteiger partial charge on any atom is 0.355 e. The van der Waals surface area contributed by atoms with Gasteiger partial charge in [0.1, 0.15) is 11.5 Å². The second-order valence-electron chi connectivity index (χ2n) is 7.19. The van der Waals surface area contributed by atoms with Crippen LogP contribution in [0.5, 0.6) is 0 Å². The van der Waals surface area contributed by atoms with Crippen molar-refractivity contribution in [1.29, 1.82) is 0 Å². The molecule has 0 aliphatic carbocycles. The molecular formula is C24H19FN2O4. The summed E-state index contributed by atoms with van der Waals surface area (Å²) in [5.41, 5.74) is 2.75. The van der Waals surface area contributed by atoms with Crippen LogP contribution in [-0.4, -0.2) is 27.9 Å². The van der Waals surface area contributed by atoms with Crippen LogP contribution in [0.25, 0.3) is 16.6 Å². The average Bonchev–Trinajstić information content (AvgIpc) is 3.06. The Morgan fingerprint density at radius 2 is 1.74 bits per heavy atom. The number of ketones is 1. The van der Waals surface area contributed by atoms with Crippen molar-refractivity contribution in [2.24, 2.45) is 0 Å². The second-order valence-corrected chi connectivity index (χ2v) is 7.19. The molecule has 31 heavy (non-hydrogen) atoms. The number of ether oxygens (including phenoxy) is 1. The summed E-state index contributed by atoms with van der Waals surface area (Å²) in [5.74, 6) is -1.51. The van der Waals surface area contributed by atoms with Crippen LogP contribution in [0.3, 0.4) is 0 Å². The Morgan fingerprint density at radius 3 is 2.48 bits per heavy atom. The Hall–Kier alpha value is -4.00. The van der Waals surface area contributed by atoms with Gasteiger partial charge < -0.3 is 14.3 Å². The fourth-order valence-corrected chi connectivity index (χ4v) is 3.63. The molecule has 0 aliphatic heterocycles. The van der Waals surface area contributed by atoms with Gasteiger partial charge in [-0.3, -0.25) is 9.59 Å². The number of pyridine rings is 1. The standard InChI is InChI=1S/C24H19FN2O4/c1-14-11-19(15(2)27(14)17-9-7-16(25)8-10-17)23(29)13-31-24(30)21-12-22(28)18-5-3-4-6-20(18)26-21/h3-12H,13H2,1-2H3,(H,26,28). The van der Waals surface area contributed by atoms with Crippen LogP contribution in [0.15, 0.2) is 65.5 Å². The van der Waals surface area contributed by atoms with Crippen LogP contribution in [-0.2, 0) is 4.74 Å². The minimum absolute atomic E-state index is 0.0201. The predicted octanol–water partition coefficient (Wildman–Crippen LogP) is 4.11. The first kappa shape index (κ1) is 20.3. The van der Waals surface area contributed by atoms with Crippen LogP contribution in [0.4, 0.5) is 4.39 Å². The molecule has 2 heterocycles. The lowest BCUT2D eigenvalue weighted by Gasteiger charge is -2.10. The van der Waals surface area contributed by atoms with Gasteiger partial charge in [0.2, 0.25) is 5.78 Å². The smallest absolute Gasteiger partial charge is 0.355 e. The van der Waals surface area contributed by atoms with Crippen molar-refractivity contribution < 1.29 is 18.7 Å². The molecule has 0 spiro atoms. The van der Waals surface area contributed by atoms with E-state index in [-0.39, 0.29) is 22.7 Å². The third-order valence-corrected chi connectivity index (χ3v) is 5.11. The molecule has 2 aromatic heterocycles. The van der Waals surface area contributed by atoms with Gasteiger partial charge in [0.25, 0.3) is 0 Å². The van der Waals surface area contributed by atoms with Crippen LogP contribution in [0, 0.1) is 19.7 Å². The highest BCUT2D eigenvalue weighted by molar-refractivity contribution is 6.00. The molecule has 2 aromatic carbocycles. The van der Waals surface area contributed by atoms with Gasteiger partial charge >= 0.3 is 5.97 Å². The highest BCUT2D eigenvalue weighted by Gasteiger charge is 2.19. The maximum atomic E-state index is 13.2. The normalized spacial score (nSPS) is 10.9. The molecule has 7 heteroatoms. The summed E-state index contributed by atoms with van der Waals surface area (Å²) < 4.78 is 20.2. The van der Waals surface area contributed by atoms with Crippen molar-refractivity contribution in [1.82, 2.24) is 9.55 Å². The highest BCUT2D eigenvalue weighted by Crippen LogP contribution is 2.21. The minimum Gasteiger partial charge on any atom is -0.453 e. The van der Waals surface area contributed by atoms with Gasteiger partial charge in [-0.25, -0.2) is 9.18 Å². The average molecular weight is 418 g/mol. The van der Waals surface area contributed by atoms with Gasteiger partial charge in [0.15, 0.2) is 12.0 Å². The van der Waals surface area contributed by atoms with Crippen molar-refractivity contribution in [3.05, 3.63) is 99.3 Å². The zero-order valence-corrected chi connectivity index (χ0v) is 16.9. The monoisotopic (exact) mass is 418 g/mol. The number of hydrogen-bond acceptors (Lipinski definition) is 4. The molecule has 0 atom stereocenters. The lowest BCUT2D eigenvalue weighted by Crippen LogP contribution is -2.17. The number of nitrogens with one attached hydrogen (secondary N) is 1. The predicted molar refractivity (Wildman–Crippen MR) is 114 cm³/mol. The van der Waals surface area contributed by atoms with E-state index < -0.39 is 12.6 Å². The van der Waals surface area contributed by atoms with Crippen LogP contribution in [0.1, 0.15) is 32.2 Å². The summed E-state index contributed by atoms with van der Waals surface area (Å²) in [4.78, 5) is 40.2. The molecule has 0 fully saturated rings. The van der Waals surface area contributed by atoms with Crippen molar-refractivity contribution in [3.8, 4) is 5.69 Å². The Labute approximate surface area is 176 Å². The van der Waals surface area contributed by atoms with Crippen molar-refractivity contribution in [2.45, 2.75) is 13.8 Å². The number of esters is 1. The van der Waals surface area contributed by atoms with Gasteiger partial charge in [-0.15, -0.1) is 0 Å². The Kier molecular flexibility index (Phi) is 5.25. The number of Topliss-reactive ketones (excluding diaryl/α,β-unsaturated/α-hetero) is 1. The molecule has 0 bridgehead atoms. The van der Waals surface area contributed by atoms with Gasteiger partial charge in [-0.1, -0.05) is 12.1 Å². The molecule has 6 nitrogen and oxygen atoms in total. The number of para-hydroxylation sites is 1. The van der Waals surface area contributed by atoms with E-state index in [0.717, 1.165) is 17.4 Å². The first-order valence-electron chi connectivity index (χ1n) is 9.62. The van der Waals surface area contributed by atoms with Gasteiger partial charge in [-0.2, -0.15) is 0 Å². The van der Waals surface area contributed by atoms with Crippen molar-refractivity contribution >= 4 is 22.7 Å². The molecule has 0 radical (unpaired) electrons. The molecule has 0 aliphatic rings. The number of aromatic nitrogens is 2. The summed E-state index contributed by atoms with van der Waals surface area (Å²) in [7, 11) is 0. The Bertz CT molecular complexity index is 1370.